The van der Waals surface area contributed by atoms with E-state index in [-0.39, 0.29) is 12.5 Å². The molecule has 0 aliphatic heterocycles. The molecule has 0 aliphatic carbocycles. The number of nitrogens with zero attached hydrogens (tertiary/aromatic N) is 1. The normalized spacial score (nSPS) is 10.5. The highest BCUT2D eigenvalue weighted by Crippen LogP contribution is 2.30. The van der Waals surface area contributed by atoms with Crippen LogP contribution in [0.15, 0.2) is 42.5 Å². The lowest BCUT2D eigenvalue weighted by molar-refractivity contribution is -0.118. The Balaban J connectivity index is 1.94. The number of nitrogens with one attached hydrogen (secondary N) is 1. The third kappa shape index (κ3) is 6.87. The first-order chi connectivity index (χ1) is 14.1. The number of carbonyl (C=O) groups is 1. The maximum absolute atomic E-state index is 12.3. The lowest BCUT2D eigenvalue weighted by Gasteiger charge is -2.19. The van der Waals surface area contributed by atoms with Gasteiger partial charge in [-0.15, -0.1) is 0 Å². The topological polar surface area (TPSA) is 69.3 Å². The number of anilines is 1. The molecule has 1 N–H and O–H groups in total. The summed E-state index contributed by atoms with van der Waals surface area (Å²) >= 11 is 0. The summed E-state index contributed by atoms with van der Waals surface area (Å²) < 4.78 is 22.0. The second-order valence-corrected chi connectivity index (χ2v) is 6.23. The van der Waals surface area contributed by atoms with E-state index < -0.39 is 0 Å². The van der Waals surface area contributed by atoms with Gasteiger partial charge in [-0.05, 0) is 37.4 Å². The number of methoxy groups -OCH3 is 2. The van der Waals surface area contributed by atoms with Gasteiger partial charge in [-0.2, -0.15) is 0 Å². The van der Waals surface area contributed by atoms with Gasteiger partial charge in [0.15, 0.2) is 29.6 Å². The highest BCUT2D eigenvalue weighted by molar-refractivity contribution is 5.92. The van der Waals surface area contributed by atoms with Crippen molar-refractivity contribution in [1.29, 1.82) is 0 Å². The molecule has 0 spiro atoms. The molecule has 0 atom stereocenters. The molecule has 0 aliphatic rings. The van der Waals surface area contributed by atoms with Crippen LogP contribution in [0.25, 0.3) is 0 Å². The van der Waals surface area contributed by atoms with Gasteiger partial charge in [0.1, 0.15) is 6.61 Å². The molecule has 0 unspecified atom stereocenters. The first-order valence-electron chi connectivity index (χ1n) is 9.70. The zero-order valence-corrected chi connectivity index (χ0v) is 17.6. The van der Waals surface area contributed by atoms with Crippen molar-refractivity contribution in [2.45, 2.75) is 13.8 Å². The summed E-state index contributed by atoms with van der Waals surface area (Å²) in [5.74, 6) is 2.01. The highest BCUT2D eigenvalue weighted by atomic mass is 16.5. The van der Waals surface area contributed by atoms with Gasteiger partial charge >= 0.3 is 0 Å². The molecule has 158 valence electrons. The minimum atomic E-state index is -0.282. The first-order valence-corrected chi connectivity index (χ1v) is 9.70. The summed E-state index contributed by atoms with van der Waals surface area (Å²) in [5.41, 5.74) is 0.609. The summed E-state index contributed by atoms with van der Waals surface area (Å²) in [4.78, 5) is 14.5. The Labute approximate surface area is 172 Å². The number of amides is 1. The lowest BCUT2D eigenvalue weighted by atomic mass is 10.2. The number of likely N-dealkylation sites (N-methyl/N-ethyl adjacent to an activating group) is 1. The van der Waals surface area contributed by atoms with Gasteiger partial charge in [0.2, 0.25) is 0 Å². The van der Waals surface area contributed by atoms with E-state index in [0.717, 1.165) is 19.6 Å². The molecule has 0 bridgehead atoms. The second kappa shape index (κ2) is 11.8. The van der Waals surface area contributed by atoms with Crippen molar-refractivity contribution in [2.24, 2.45) is 0 Å². The smallest absolute Gasteiger partial charge is 0.262 e. The summed E-state index contributed by atoms with van der Waals surface area (Å²) in [6.45, 7) is 7.40. The maximum Gasteiger partial charge on any atom is 0.262 e. The zero-order chi connectivity index (χ0) is 21.1. The summed E-state index contributed by atoms with van der Waals surface area (Å²) in [7, 11) is 3.15. The van der Waals surface area contributed by atoms with Gasteiger partial charge in [-0.3, -0.25) is 4.79 Å². The van der Waals surface area contributed by atoms with Crippen LogP contribution in [0.5, 0.6) is 23.0 Å². The molecule has 2 aromatic carbocycles. The molecular weight excluding hydrogens is 372 g/mol. The molecule has 2 aromatic rings. The second-order valence-electron chi connectivity index (χ2n) is 6.23. The van der Waals surface area contributed by atoms with Crippen molar-refractivity contribution in [1.82, 2.24) is 4.90 Å². The Morgan fingerprint density at radius 3 is 2.21 bits per heavy atom. The standard InChI is InChI=1S/C22H30N2O5/c1-5-24(6-2)13-14-28-21-15-17(11-12-19(21)27-4)23-22(25)16-29-20-10-8-7-9-18(20)26-3/h7-12,15H,5-6,13-14,16H2,1-4H3,(H,23,25). The van der Waals surface area contributed by atoms with Crippen LogP contribution in [0.1, 0.15) is 13.8 Å². The lowest BCUT2D eigenvalue weighted by Crippen LogP contribution is -2.28. The van der Waals surface area contributed by atoms with Gasteiger partial charge < -0.3 is 29.2 Å². The Kier molecular flexibility index (Phi) is 9.11. The van der Waals surface area contributed by atoms with Crippen molar-refractivity contribution < 1.29 is 23.7 Å². The molecule has 7 nitrogen and oxygen atoms in total. The molecule has 0 aromatic heterocycles. The van der Waals surface area contributed by atoms with Crippen LogP contribution in [0, 0.1) is 0 Å². The summed E-state index contributed by atoms with van der Waals surface area (Å²) in [5, 5.41) is 2.81. The van der Waals surface area contributed by atoms with E-state index >= 15 is 0 Å². The highest BCUT2D eigenvalue weighted by Gasteiger charge is 2.11. The van der Waals surface area contributed by atoms with E-state index in [2.05, 4.69) is 24.1 Å². The van der Waals surface area contributed by atoms with E-state index in [1.54, 1.807) is 44.6 Å². The van der Waals surface area contributed by atoms with Crippen molar-refractivity contribution in [3.63, 3.8) is 0 Å². The van der Waals surface area contributed by atoms with Crippen LogP contribution in [-0.2, 0) is 4.79 Å². The van der Waals surface area contributed by atoms with E-state index in [9.17, 15) is 4.79 Å². The summed E-state index contributed by atoms with van der Waals surface area (Å²) in [6, 6.07) is 12.5. The molecular formula is C22H30N2O5. The minimum Gasteiger partial charge on any atom is -0.493 e. The van der Waals surface area contributed by atoms with Crippen LogP contribution in [-0.4, -0.2) is 57.9 Å². The number of rotatable bonds is 12. The number of carbonyl (C=O) groups excluding carboxylic acids is 1. The number of benzene rings is 2. The van der Waals surface area contributed by atoms with Crippen LogP contribution in [0.4, 0.5) is 5.69 Å². The van der Waals surface area contributed by atoms with Crippen LogP contribution >= 0.6 is 0 Å². The van der Waals surface area contributed by atoms with Gasteiger partial charge in [0.25, 0.3) is 5.91 Å². The van der Waals surface area contributed by atoms with E-state index in [4.69, 9.17) is 18.9 Å². The SMILES string of the molecule is CCN(CC)CCOc1cc(NC(=O)COc2ccccc2OC)ccc1OC. The quantitative estimate of drug-likeness (QED) is 0.587. The van der Waals surface area contributed by atoms with Crippen LogP contribution < -0.4 is 24.3 Å². The monoisotopic (exact) mass is 402 g/mol. The molecule has 29 heavy (non-hydrogen) atoms. The van der Waals surface area contributed by atoms with E-state index in [1.165, 1.54) is 0 Å². The fourth-order valence-corrected chi connectivity index (χ4v) is 2.77. The number of hydrogen-bond donors (Lipinski definition) is 1. The average Bonchev–Trinajstić information content (AvgIpc) is 2.75. The molecule has 2 rings (SSSR count). The third-order valence-electron chi connectivity index (χ3n) is 4.43. The number of hydrogen-bond acceptors (Lipinski definition) is 6. The van der Waals surface area contributed by atoms with E-state index in [1.807, 2.05) is 12.1 Å². The first kappa shape index (κ1) is 22.4. The number of para-hydroxylation sites is 2. The van der Waals surface area contributed by atoms with Gasteiger partial charge in [-0.25, -0.2) is 0 Å². The fraction of sp³-hybridized carbons (Fsp3) is 0.409. The molecule has 0 saturated heterocycles. The van der Waals surface area contributed by atoms with Crippen molar-refractivity contribution in [3.8, 4) is 23.0 Å². The van der Waals surface area contributed by atoms with Gasteiger partial charge in [0, 0.05) is 18.3 Å². The molecule has 0 heterocycles. The minimum absolute atomic E-state index is 0.134. The molecule has 0 fully saturated rings. The maximum atomic E-state index is 12.3. The fourth-order valence-electron chi connectivity index (χ4n) is 2.77. The molecule has 7 heteroatoms. The van der Waals surface area contributed by atoms with Crippen molar-refractivity contribution in [3.05, 3.63) is 42.5 Å². The molecule has 0 radical (unpaired) electrons. The Hall–Kier alpha value is -2.93. The molecule has 1 amide bonds. The Bertz CT molecular complexity index is 778. The Morgan fingerprint density at radius 2 is 1.55 bits per heavy atom. The predicted octanol–water partition coefficient (Wildman–Crippen LogP) is 3.44. The third-order valence-corrected chi connectivity index (χ3v) is 4.43. The van der Waals surface area contributed by atoms with E-state index in [0.29, 0.717) is 35.3 Å². The molecule has 0 saturated carbocycles. The number of ether oxygens (including phenoxy) is 4. The predicted molar refractivity (Wildman–Crippen MR) is 113 cm³/mol. The largest absolute Gasteiger partial charge is 0.493 e. The van der Waals surface area contributed by atoms with Crippen molar-refractivity contribution in [2.75, 3.05) is 52.4 Å². The van der Waals surface area contributed by atoms with Gasteiger partial charge in [-0.1, -0.05) is 26.0 Å². The van der Waals surface area contributed by atoms with Gasteiger partial charge in [0.05, 0.1) is 14.2 Å². The van der Waals surface area contributed by atoms with Crippen LogP contribution in [0.2, 0.25) is 0 Å². The average molecular weight is 402 g/mol. The zero-order valence-electron chi connectivity index (χ0n) is 17.6. The summed E-state index contributed by atoms with van der Waals surface area (Å²) in [6.07, 6.45) is 0. The van der Waals surface area contributed by atoms with Crippen molar-refractivity contribution >= 4 is 11.6 Å². The van der Waals surface area contributed by atoms with Crippen LogP contribution in [0.3, 0.4) is 0 Å². The Morgan fingerprint density at radius 1 is 0.897 bits per heavy atom.